The number of nitrogens with zero attached hydrogens (tertiary/aromatic N) is 3. The van der Waals surface area contributed by atoms with Gasteiger partial charge in [-0.2, -0.15) is 13.2 Å². The number of hydrogen-bond donors (Lipinski definition) is 0. The normalized spacial score (nSPS) is 13.1. The van der Waals surface area contributed by atoms with E-state index in [1.807, 2.05) is 20.8 Å². The van der Waals surface area contributed by atoms with E-state index >= 15 is 0 Å². The van der Waals surface area contributed by atoms with Crippen LogP contribution in [-0.4, -0.2) is 20.9 Å². The van der Waals surface area contributed by atoms with Crippen LogP contribution in [0.1, 0.15) is 38.8 Å². The Kier molecular flexibility index (Phi) is 4.06. The maximum absolute atomic E-state index is 12.2. The zero-order chi connectivity index (χ0) is 13.3. The van der Waals surface area contributed by atoms with Crippen LogP contribution in [-0.2, 0) is 17.8 Å². The molecule has 1 heterocycles. The lowest BCUT2D eigenvalue weighted by Gasteiger charge is -2.24. The molecule has 98 valence electrons. The molecule has 0 N–H and O–H groups in total. The van der Waals surface area contributed by atoms with E-state index < -0.39 is 12.6 Å². The molecule has 0 bridgehead atoms. The Morgan fingerprint density at radius 2 is 1.65 bits per heavy atom. The first-order valence-corrected chi connectivity index (χ1v) is 5.75. The van der Waals surface area contributed by atoms with Crippen molar-refractivity contribution in [3.8, 4) is 0 Å². The molecule has 17 heavy (non-hydrogen) atoms. The van der Waals surface area contributed by atoms with Crippen molar-refractivity contribution in [1.29, 1.82) is 0 Å². The van der Waals surface area contributed by atoms with Gasteiger partial charge in [0.15, 0.2) is 0 Å². The number of halogens is 4. The van der Waals surface area contributed by atoms with E-state index in [1.165, 1.54) is 0 Å². The summed E-state index contributed by atoms with van der Waals surface area (Å²) in [5.41, 5.74) is -0.380. The molecule has 1 aromatic rings. The van der Waals surface area contributed by atoms with Crippen molar-refractivity contribution < 1.29 is 13.2 Å². The fourth-order valence-corrected chi connectivity index (χ4v) is 1.80. The van der Waals surface area contributed by atoms with Crippen LogP contribution in [0.15, 0.2) is 0 Å². The molecule has 0 saturated heterocycles. The van der Waals surface area contributed by atoms with E-state index in [4.69, 9.17) is 11.6 Å². The zero-order valence-corrected chi connectivity index (χ0v) is 10.7. The van der Waals surface area contributed by atoms with Crippen LogP contribution in [0.2, 0.25) is 0 Å². The van der Waals surface area contributed by atoms with E-state index in [0.717, 1.165) is 0 Å². The molecular formula is C10H15ClF3N3. The predicted octanol–water partition coefficient (Wildman–Crippen LogP) is 3.27. The zero-order valence-electron chi connectivity index (χ0n) is 9.97. The van der Waals surface area contributed by atoms with Gasteiger partial charge in [-0.3, -0.25) is 0 Å². The number of aryl methyl sites for hydroxylation is 1. The maximum Gasteiger partial charge on any atom is 0.389 e. The van der Waals surface area contributed by atoms with Crippen LogP contribution >= 0.6 is 11.6 Å². The van der Waals surface area contributed by atoms with Crippen LogP contribution in [0.3, 0.4) is 0 Å². The average molecular weight is 270 g/mol. The molecule has 0 aromatic carbocycles. The molecular weight excluding hydrogens is 255 g/mol. The second kappa shape index (κ2) is 4.84. The molecule has 1 aromatic heterocycles. The van der Waals surface area contributed by atoms with E-state index in [0.29, 0.717) is 11.6 Å². The van der Waals surface area contributed by atoms with Crippen molar-refractivity contribution in [3.05, 3.63) is 11.6 Å². The second-order valence-electron chi connectivity index (χ2n) is 4.79. The molecule has 0 amide bonds. The van der Waals surface area contributed by atoms with Crippen LogP contribution in [0.5, 0.6) is 0 Å². The van der Waals surface area contributed by atoms with Gasteiger partial charge in [-0.15, -0.1) is 21.8 Å². The molecule has 1 rings (SSSR count). The third-order valence-electron chi connectivity index (χ3n) is 2.22. The first-order valence-electron chi connectivity index (χ1n) is 5.21. The smallest absolute Gasteiger partial charge is 0.309 e. The quantitative estimate of drug-likeness (QED) is 0.789. The monoisotopic (exact) mass is 269 g/mol. The third-order valence-corrected chi connectivity index (χ3v) is 2.46. The predicted molar refractivity (Wildman–Crippen MR) is 59.0 cm³/mol. The summed E-state index contributed by atoms with van der Waals surface area (Å²) in [6.45, 7) is 5.64. The van der Waals surface area contributed by atoms with Crippen LogP contribution in [0.4, 0.5) is 13.2 Å². The molecule has 0 radical (unpaired) electrons. The van der Waals surface area contributed by atoms with Crippen molar-refractivity contribution >= 4 is 11.6 Å². The van der Waals surface area contributed by atoms with Crippen LogP contribution < -0.4 is 0 Å². The second-order valence-corrected chi connectivity index (χ2v) is 5.05. The van der Waals surface area contributed by atoms with E-state index in [-0.39, 0.29) is 17.8 Å². The lowest BCUT2D eigenvalue weighted by molar-refractivity contribution is -0.134. The maximum atomic E-state index is 12.2. The van der Waals surface area contributed by atoms with Crippen molar-refractivity contribution in [1.82, 2.24) is 14.8 Å². The summed E-state index contributed by atoms with van der Waals surface area (Å²) in [5, 5.41) is 7.60. The van der Waals surface area contributed by atoms with Gasteiger partial charge < -0.3 is 4.57 Å². The van der Waals surface area contributed by atoms with Gasteiger partial charge in [0, 0.05) is 12.0 Å². The summed E-state index contributed by atoms with van der Waals surface area (Å²) in [7, 11) is 0. The Bertz CT molecular complexity index is 379. The lowest BCUT2D eigenvalue weighted by atomic mass is 10.1. The van der Waals surface area contributed by atoms with Crippen molar-refractivity contribution in [3.63, 3.8) is 0 Å². The Labute approximate surface area is 103 Å². The minimum atomic E-state index is -4.18. The molecule has 0 aliphatic carbocycles. The van der Waals surface area contributed by atoms with Gasteiger partial charge in [-0.1, -0.05) is 0 Å². The SMILES string of the molecule is CC(C)(C)n1c(CCl)nnc1CCC(F)(F)F. The standard InChI is InChI=1S/C10H15ClF3N3/c1-9(2,3)17-7(4-5-10(12,13)14)15-16-8(17)6-11/h4-6H2,1-3H3. The molecule has 0 aliphatic heterocycles. The summed E-state index contributed by atoms with van der Waals surface area (Å²) >= 11 is 5.70. The van der Waals surface area contributed by atoms with Crippen LogP contribution in [0, 0.1) is 0 Å². The molecule has 7 heteroatoms. The van der Waals surface area contributed by atoms with E-state index in [1.54, 1.807) is 4.57 Å². The topological polar surface area (TPSA) is 30.7 Å². The summed E-state index contributed by atoms with van der Waals surface area (Å²) in [6, 6.07) is 0. The van der Waals surface area contributed by atoms with Gasteiger partial charge in [0.2, 0.25) is 0 Å². The lowest BCUT2D eigenvalue weighted by Crippen LogP contribution is -2.26. The minimum Gasteiger partial charge on any atom is -0.309 e. The first-order chi connectivity index (χ1) is 7.65. The fourth-order valence-electron chi connectivity index (χ4n) is 1.63. The average Bonchev–Trinajstić information content (AvgIpc) is 2.55. The Hall–Kier alpha value is -0.780. The molecule has 3 nitrogen and oxygen atoms in total. The highest BCUT2D eigenvalue weighted by atomic mass is 35.5. The Morgan fingerprint density at radius 3 is 2.06 bits per heavy atom. The molecule has 0 aliphatic rings. The Balaban J connectivity index is 2.97. The highest BCUT2D eigenvalue weighted by Gasteiger charge is 2.29. The number of hydrogen-bond acceptors (Lipinski definition) is 2. The van der Waals surface area contributed by atoms with Gasteiger partial charge in [0.25, 0.3) is 0 Å². The summed E-state index contributed by atoms with van der Waals surface area (Å²) in [6.07, 6.45) is -5.26. The molecule has 0 atom stereocenters. The first kappa shape index (κ1) is 14.3. The van der Waals surface area contributed by atoms with E-state index in [9.17, 15) is 13.2 Å². The number of aromatic nitrogens is 3. The highest BCUT2D eigenvalue weighted by Crippen LogP contribution is 2.25. The summed E-state index contributed by atoms with van der Waals surface area (Å²) in [4.78, 5) is 0. The van der Waals surface area contributed by atoms with Gasteiger partial charge in [-0.25, -0.2) is 0 Å². The van der Waals surface area contributed by atoms with Crippen molar-refractivity contribution in [2.45, 2.75) is 51.2 Å². The van der Waals surface area contributed by atoms with Gasteiger partial charge in [0.1, 0.15) is 11.6 Å². The van der Waals surface area contributed by atoms with Crippen molar-refractivity contribution in [2.75, 3.05) is 0 Å². The number of rotatable bonds is 3. The fraction of sp³-hybridized carbons (Fsp3) is 0.800. The largest absolute Gasteiger partial charge is 0.389 e. The summed E-state index contributed by atoms with van der Waals surface area (Å²) in [5.74, 6) is 0.956. The minimum absolute atomic E-state index is 0.135. The van der Waals surface area contributed by atoms with Gasteiger partial charge >= 0.3 is 6.18 Å². The summed E-state index contributed by atoms with van der Waals surface area (Å²) < 4.78 is 38.2. The van der Waals surface area contributed by atoms with E-state index in [2.05, 4.69) is 10.2 Å². The van der Waals surface area contributed by atoms with Crippen molar-refractivity contribution in [2.24, 2.45) is 0 Å². The highest BCUT2D eigenvalue weighted by molar-refractivity contribution is 6.16. The molecule has 0 fully saturated rings. The molecule has 0 unspecified atom stereocenters. The van der Waals surface area contributed by atoms with Gasteiger partial charge in [0.05, 0.1) is 12.3 Å². The third kappa shape index (κ3) is 3.87. The molecule has 0 spiro atoms. The van der Waals surface area contributed by atoms with Gasteiger partial charge in [-0.05, 0) is 20.8 Å². The Morgan fingerprint density at radius 1 is 1.12 bits per heavy atom. The van der Waals surface area contributed by atoms with Crippen LogP contribution in [0.25, 0.3) is 0 Å². The molecule has 0 saturated carbocycles. The number of alkyl halides is 4.